The summed E-state index contributed by atoms with van der Waals surface area (Å²) in [5.74, 6) is -0.702. The Balaban J connectivity index is 1.90. The SMILES string of the molecule is CC(C)[C@@H](NC(=O)c1ccc(Cl)cc1Cl)C(=O)NCCCn1cccn1. The van der Waals surface area contributed by atoms with Crippen molar-refractivity contribution >= 4 is 35.0 Å². The molecule has 140 valence electrons. The number of carbonyl (C=O) groups is 2. The van der Waals surface area contributed by atoms with Crippen molar-refractivity contribution in [2.45, 2.75) is 32.9 Å². The molecule has 0 bridgehead atoms. The number of rotatable bonds is 8. The summed E-state index contributed by atoms with van der Waals surface area (Å²) in [6.45, 7) is 4.96. The molecule has 1 aromatic heterocycles. The molecule has 0 aliphatic rings. The van der Waals surface area contributed by atoms with Gasteiger partial charge in [0.1, 0.15) is 6.04 Å². The highest BCUT2D eigenvalue weighted by molar-refractivity contribution is 6.36. The molecule has 0 saturated heterocycles. The van der Waals surface area contributed by atoms with Crippen molar-refractivity contribution in [1.29, 1.82) is 0 Å². The average Bonchev–Trinajstić information content (AvgIpc) is 3.09. The Hall–Kier alpha value is -2.05. The van der Waals surface area contributed by atoms with Crippen molar-refractivity contribution in [3.63, 3.8) is 0 Å². The van der Waals surface area contributed by atoms with Gasteiger partial charge < -0.3 is 10.6 Å². The predicted octanol–water partition coefficient (Wildman–Crippen LogP) is 3.15. The van der Waals surface area contributed by atoms with Crippen molar-refractivity contribution in [2.75, 3.05) is 6.54 Å². The first-order valence-electron chi connectivity index (χ1n) is 8.39. The van der Waals surface area contributed by atoms with Crippen molar-refractivity contribution in [3.05, 3.63) is 52.3 Å². The largest absolute Gasteiger partial charge is 0.354 e. The summed E-state index contributed by atoms with van der Waals surface area (Å²) in [5.41, 5.74) is 0.285. The van der Waals surface area contributed by atoms with Gasteiger partial charge in [0.15, 0.2) is 0 Å². The first-order chi connectivity index (χ1) is 12.4. The van der Waals surface area contributed by atoms with Crippen LogP contribution in [-0.4, -0.2) is 34.2 Å². The van der Waals surface area contributed by atoms with Crippen LogP contribution in [0.4, 0.5) is 0 Å². The Kier molecular flexibility index (Phi) is 7.48. The standard InChI is InChI=1S/C18H22Cl2N4O2/c1-12(2)16(18(26)21-7-3-9-24-10-4-8-22-24)23-17(25)14-6-5-13(19)11-15(14)20/h4-6,8,10-12,16H,3,7,9H2,1-2H3,(H,21,26)(H,23,25)/t16-/m1/s1. The lowest BCUT2D eigenvalue weighted by Gasteiger charge is -2.22. The second-order valence-corrected chi connectivity index (χ2v) is 7.08. The zero-order valence-electron chi connectivity index (χ0n) is 14.7. The van der Waals surface area contributed by atoms with Crippen LogP contribution in [-0.2, 0) is 11.3 Å². The number of benzene rings is 1. The van der Waals surface area contributed by atoms with Crippen molar-refractivity contribution in [2.24, 2.45) is 5.92 Å². The Morgan fingerprint density at radius 3 is 2.65 bits per heavy atom. The molecule has 0 aliphatic carbocycles. The van der Waals surface area contributed by atoms with Crippen molar-refractivity contribution in [1.82, 2.24) is 20.4 Å². The van der Waals surface area contributed by atoms with Gasteiger partial charge >= 0.3 is 0 Å². The molecule has 1 heterocycles. The van der Waals surface area contributed by atoms with E-state index in [0.29, 0.717) is 18.1 Å². The molecule has 8 heteroatoms. The molecule has 0 radical (unpaired) electrons. The van der Waals surface area contributed by atoms with Crippen LogP contribution in [0, 0.1) is 5.92 Å². The Morgan fingerprint density at radius 1 is 1.27 bits per heavy atom. The molecule has 26 heavy (non-hydrogen) atoms. The van der Waals surface area contributed by atoms with Gasteiger partial charge in [-0.3, -0.25) is 14.3 Å². The fraction of sp³-hybridized carbons (Fsp3) is 0.389. The third kappa shape index (κ3) is 5.75. The minimum absolute atomic E-state index is 0.0730. The van der Waals surface area contributed by atoms with Gasteiger partial charge in [0.2, 0.25) is 5.91 Å². The van der Waals surface area contributed by atoms with Crippen LogP contribution in [0.15, 0.2) is 36.7 Å². The Bertz CT molecular complexity index is 748. The van der Waals surface area contributed by atoms with E-state index in [1.54, 1.807) is 23.0 Å². The third-order valence-corrected chi connectivity index (χ3v) is 4.38. The lowest BCUT2D eigenvalue weighted by Crippen LogP contribution is -2.50. The molecule has 0 unspecified atom stereocenters. The average molecular weight is 397 g/mol. The number of aromatic nitrogens is 2. The lowest BCUT2D eigenvalue weighted by atomic mass is 10.0. The van der Waals surface area contributed by atoms with E-state index in [4.69, 9.17) is 23.2 Å². The van der Waals surface area contributed by atoms with E-state index in [1.165, 1.54) is 6.07 Å². The smallest absolute Gasteiger partial charge is 0.253 e. The number of hydrogen-bond acceptors (Lipinski definition) is 3. The van der Waals surface area contributed by atoms with Crippen LogP contribution < -0.4 is 10.6 Å². The Morgan fingerprint density at radius 2 is 2.04 bits per heavy atom. The minimum atomic E-state index is -0.654. The van der Waals surface area contributed by atoms with Crippen molar-refractivity contribution in [3.8, 4) is 0 Å². The molecule has 0 fully saturated rings. The molecule has 2 aromatic rings. The quantitative estimate of drug-likeness (QED) is 0.672. The number of nitrogens with one attached hydrogen (secondary N) is 2. The van der Waals surface area contributed by atoms with Gasteiger partial charge in [-0.1, -0.05) is 37.0 Å². The van der Waals surface area contributed by atoms with Gasteiger partial charge in [0.25, 0.3) is 5.91 Å². The maximum absolute atomic E-state index is 12.5. The minimum Gasteiger partial charge on any atom is -0.354 e. The molecule has 1 atom stereocenters. The number of halogens is 2. The molecule has 6 nitrogen and oxygen atoms in total. The maximum atomic E-state index is 12.5. The van der Waals surface area contributed by atoms with Crippen LogP contribution in [0.25, 0.3) is 0 Å². The fourth-order valence-electron chi connectivity index (χ4n) is 2.42. The summed E-state index contributed by atoms with van der Waals surface area (Å²) in [5, 5.41) is 10.4. The first kappa shape index (κ1) is 20.3. The molecule has 0 spiro atoms. The molecule has 0 saturated carbocycles. The van der Waals surface area contributed by atoms with Gasteiger partial charge in [-0.25, -0.2) is 0 Å². The molecular formula is C18H22Cl2N4O2. The normalized spacial score (nSPS) is 12.0. The highest BCUT2D eigenvalue weighted by Gasteiger charge is 2.25. The second-order valence-electron chi connectivity index (χ2n) is 6.23. The van der Waals surface area contributed by atoms with Gasteiger partial charge in [0.05, 0.1) is 10.6 Å². The van der Waals surface area contributed by atoms with Crippen LogP contribution in [0.3, 0.4) is 0 Å². The third-order valence-electron chi connectivity index (χ3n) is 3.83. The number of hydrogen-bond donors (Lipinski definition) is 2. The molecule has 0 aliphatic heterocycles. The van der Waals surface area contributed by atoms with Gasteiger partial charge in [-0.15, -0.1) is 0 Å². The van der Waals surface area contributed by atoms with E-state index in [9.17, 15) is 9.59 Å². The first-order valence-corrected chi connectivity index (χ1v) is 9.15. The highest BCUT2D eigenvalue weighted by atomic mass is 35.5. The van der Waals surface area contributed by atoms with Crippen molar-refractivity contribution < 1.29 is 9.59 Å². The summed E-state index contributed by atoms with van der Waals surface area (Å²) in [4.78, 5) is 24.9. The van der Waals surface area contributed by atoms with Gasteiger partial charge in [-0.05, 0) is 36.6 Å². The van der Waals surface area contributed by atoms with Crippen LogP contribution in [0.2, 0.25) is 10.0 Å². The van der Waals surface area contributed by atoms with E-state index in [-0.39, 0.29) is 22.4 Å². The zero-order chi connectivity index (χ0) is 19.1. The molecule has 2 N–H and O–H groups in total. The van der Waals surface area contributed by atoms with E-state index in [1.807, 2.05) is 26.1 Å². The second kappa shape index (κ2) is 9.59. The monoisotopic (exact) mass is 396 g/mol. The predicted molar refractivity (Wildman–Crippen MR) is 102 cm³/mol. The maximum Gasteiger partial charge on any atom is 0.253 e. The highest BCUT2D eigenvalue weighted by Crippen LogP contribution is 2.21. The van der Waals surface area contributed by atoms with Gasteiger partial charge in [-0.2, -0.15) is 5.10 Å². The van der Waals surface area contributed by atoms with E-state index >= 15 is 0 Å². The number of nitrogens with zero attached hydrogens (tertiary/aromatic N) is 2. The van der Waals surface area contributed by atoms with E-state index in [0.717, 1.165) is 6.42 Å². The fourth-order valence-corrected chi connectivity index (χ4v) is 2.92. The summed E-state index contributed by atoms with van der Waals surface area (Å²) < 4.78 is 1.80. The van der Waals surface area contributed by atoms with Crippen LogP contribution in [0.1, 0.15) is 30.6 Å². The summed E-state index contributed by atoms with van der Waals surface area (Å²) >= 11 is 11.9. The van der Waals surface area contributed by atoms with E-state index in [2.05, 4.69) is 15.7 Å². The molecule has 2 rings (SSSR count). The van der Waals surface area contributed by atoms with E-state index < -0.39 is 11.9 Å². The number of aryl methyl sites for hydroxylation is 1. The van der Waals surface area contributed by atoms with Crippen LogP contribution >= 0.6 is 23.2 Å². The number of carbonyl (C=O) groups excluding carboxylic acids is 2. The molecule has 1 aromatic carbocycles. The van der Waals surface area contributed by atoms with Gasteiger partial charge in [0, 0.05) is 30.5 Å². The zero-order valence-corrected chi connectivity index (χ0v) is 16.2. The van der Waals surface area contributed by atoms with Crippen LogP contribution in [0.5, 0.6) is 0 Å². The Labute approximate surface area is 162 Å². The summed E-state index contributed by atoms with van der Waals surface area (Å²) in [6.07, 6.45) is 4.33. The molecular weight excluding hydrogens is 375 g/mol. The summed E-state index contributed by atoms with van der Waals surface area (Å²) in [7, 11) is 0. The lowest BCUT2D eigenvalue weighted by molar-refractivity contribution is -0.123. The summed E-state index contributed by atoms with van der Waals surface area (Å²) in [6, 6.07) is 5.82. The topological polar surface area (TPSA) is 76.0 Å². The number of amides is 2. The molecule has 2 amide bonds.